The average molecular weight is 356 g/mol. The molecule has 0 unspecified atom stereocenters. The number of nitrogens with zero attached hydrogens (tertiary/aromatic N) is 2. The first kappa shape index (κ1) is 14.8. The van der Waals surface area contributed by atoms with Crippen molar-refractivity contribution in [2.75, 3.05) is 24.8 Å². The van der Waals surface area contributed by atoms with Crippen molar-refractivity contribution < 1.29 is 9.53 Å². The maximum Gasteiger partial charge on any atom is 0.356 e. The number of esters is 1. The van der Waals surface area contributed by atoms with E-state index < -0.39 is 5.97 Å². The number of anilines is 2. The number of aromatic nitrogens is 1. The van der Waals surface area contributed by atoms with Crippen LogP contribution in [-0.4, -0.2) is 25.1 Å². The number of nitrogens with two attached hydrogens (primary N) is 1. The van der Waals surface area contributed by atoms with Crippen molar-refractivity contribution >= 4 is 44.7 Å². The Balaban J connectivity index is 2.24. The molecule has 0 aliphatic carbocycles. The monoisotopic (exact) mass is 355 g/mol. The van der Waals surface area contributed by atoms with Crippen molar-refractivity contribution in [1.82, 2.24) is 4.98 Å². The Morgan fingerprint density at radius 1 is 1.55 bits per heavy atom. The van der Waals surface area contributed by atoms with E-state index in [0.29, 0.717) is 18.1 Å². The molecule has 2 aromatic heterocycles. The van der Waals surface area contributed by atoms with Gasteiger partial charge in [0, 0.05) is 13.6 Å². The minimum Gasteiger partial charge on any atom is -0.464 e. The molecule has 2 rings (SSSR count). The Morgan fingerprint density at radius 3 is 2.90 bits per heavy atom. The molecule has 0 saturated heterocycles. The van der Waals surface area contributed by atoms with E-state index in [-0.39, 0.29) is 5.69 Å². The maximum atomic E-state index is 11.5. The lowest BCUT2D eigenvalue weighted by Crippen LogP contribution is -2.20. The van der Waals surface area contributed by atoms with E-state index in [1.807, 2.05) is 18.0 Å². The molecule has 2 aromatic rings. The van der Waals surface area contributed by atoms with Crippen LogP contribution in [0.3, 0.4) is 0 Å². The second kappa shape index (κ2) is 6.23. The molecule has 0 fully saturated rings. The zero-order valence-electron chi connectivity index (χ0n) is 11.1. The van der Waals surface area contributed by atoms with Crippen molar-refractivity contribution in [3.05, 3.63) is 38.6 Å². The standard InChI is InChI=1S/C13H14BrN3O2S/c1-17(6-8-5-11(14)20-7-8)12-9(15)3-4-10(16-12)13(18)19-2/h3-5,7H,6,15H2,1-2H3. The first-order chi connectivity index (χ1) is 9.51. The summed E-state index contributed by atoms with van der Waals surface area (Å²) >= 11 is 5.05. The van der Waals surface area contributed by atoms with Crippen LogP contribution in [0.2, 0.25) is 0 Å². The molecule has 2 heterocycles. The molecule has 0 aliphatic heterocycles. The van der Waals surface area contributed by atoms with Crippen molar-refractivity contribution in [2.24, 2.45) is 0 Å². The normalized spacial score (nSPS) is 10.3. The molecule has 0 amide bonds. The van der Waals surface area contributed by atoms with Gasteiger partial charge in [0.25, 0.3) is 0 Å². The largest absolute Gasteiger partial charge is 0.464 e. The summed E-state index contributed by atoms with van der Waals surface area (Å²) in [5.74, 6) is 0.0909. The first-order valence-electron chi connectivity index (χ1n) is 5.80. The van der Waals surface area contributed by atoms with Crippen LogP contribution in [0.15, 0.2) is 27.4 Å². The highest BCUT2D eigenvalue weighted by molar-refractivity contribution is 9.11. The van der Waals surface area contributed by atoms with Gasteiger partial charge in [0.15, 0.2) is 11.5 Å². The number of carbonyl (C=O) groups is 1. The van der Waals surface area contributed by atoms with Gasteiger partial charge in [0.2, 0.25) is 0 Å². The number of thiophene rings is 1. The highest BCUT2D eigenvalue weighted by Crippen LogP contribution is 2.25. The number of rotatable bonds is 4. The van der Waals surface area contributed by atoms with Gasteiger partial charge in [0.1, 0.15) is 0 Å². The smallest absolute Gasteiger partial charge is 0.356 e. The summed E-state index contributed by atoms with van der Waals surface area (Å²) in [4.78, 5) is 17.7. The van der Waals surface area contributed by atoms with Gasteiger partial charge in [0.05, 0.1) is 16.6 Å². The van der Waals surface area contributed by atoms with Gasteiger partial charge in [-0.1, -0.05) is 0 Å². The predicted molar refractivity (Wildman–Crippen MR) is 84.1 cm³/mol. The quantitative estimate of drug-likeness (QED) is 0.854. The number of pyridine rings is 1. The van der Waals surface area contributed by atoms with Crippen molar-refractivity contribution in [3.8, 4) is 0 Å². The minimum absolute atomic E-state index is 0.245. The molecule has 0 saturated carbocycles. The first-order valence-corrected chi connectivity index (χ1v) is 7.47. The Labute approximate surface area is 129 Å². The van der Waals surface area contributed by atoms with Crippen molar-refractivity contribution in [2.45, 2.75) is 6.54 Å². The molecular weight excluding hydrogens is 342 g/mol. The Hall–Kier alpha value is -1.60. The molecule has 0 radical (unpaired) electrons. The number of carbonyl (C=O) groups excluding carboxylic acids is 1. The fourth-order valence-electron chi connectivity index (χ4n) is 1.76. The Bertz CT molecular complexity index is 630. The molecule has 106 valence electrons. The number of methoxy groups -OCH3 is 1. The van der Waals surface area contributed by atoms with E-state index >= 15 is 0 Å². The molecule has 20 heavy (non-hydrogen) atoms. The van der Waals surface area contributed by atoms with E-state index in [0.717, 1.165) is 9.35 Å². The average Bonchev–Trinajstić information content (AvgIpc) is 2.83. The lowest BCUT2D eigenvalue weighted by Gasteiger charge is -2.19. The third kappa shape index (κ3) is 3.29. The molecule has 0 bridgehead atoms. The summed E-state index contributed by atoms with van der Waals surface area (Å²) in [5, 5.41) is 2.06. The number of nitrogen functional groups attached to an aromatic ring is 1. The zero-order valence-corrected chi connectivity index (χ0v) is 13.5. The van der Waals surface area contributed by atoms with Crippen LogP contribution in [0.1, 0.15) is 16.1 Å². The van der Waals surface area contributed by atoms with Crippen LogP contribution in [0.25, 0.3) is 0 Å². The van der Waals surface area contributed by atoms with Gasteiger partial charge in [-0.3, -0.25) is 0 Å². The second-order valence-electron chi connectivity index (χ2n) is 4.22. The predicted octanol–water partition coefficient (Wildman–Crippen LogP) is 2.91. The summed E-state index contributed by atoms with van der Waals surface area (Å²) < 4.78 is 5.74. The Kier molecular flexibility index (Phi) is 4.61. The van der Waals surface area contributed by atoms with Crippen LogP contribution < -0.4 is 10.6 Å². The summed E-state index contributed by atoms with van der Waals surface area (Å²) in [5.41, 5.74) is 7.84. The highest BCUT2D eigenvalue weighted by Gasteiger charge is 2.14. The molecule has 0 spiro atoms. The number of halogens is 1. The van der Waals surface area contributed by atoms with Gasteiger partial charge >= 0.3 is 5.97 Å². The fourth-order valence-corrected chi connectivity index (χ4v) is 2.96. The molecular formula is C13H14BrN3O2S. The molecule has 7 heteroatoms. The third-order valence-corrected chi connectivity index (χ3v) is 4.26. The topological polar surface area (TPSA) is 68.5 Å². The van der Waals surface area contributed by atoms with Crippen LogP contribution in [0.4, 0.5) is 11.5 Å². The van der Waals surface area contributed by atoms with Gasteiger partial charge in [-0.25, -0.2) is 9.78 Å². The third-order valence-electron chi connectivity index (χ3n) is 2.70. The fraction of sp³-hybridized carbons (Fsp3) is 0.231. The number of ether oxygens (including phenoxy) is 1. The maximum absolute atomic E-state index is 11.5. The molecule has 0 aromatic carbocycles. The van der Waals surface area contributed by atoms with Crippen molar-refractivity contribution in [1.29, 1.82) is 0 Å². The van der Waals surface area contributed by atoms with Crippen LogP contribution in [-0.2, 0) is 11.3 Å². The van der Waals surface area contributed by atoms with E-state index in [1.165, 1.54) is 7.11 Å². The van der Waals surface area contributed by atoms with Crippen LogP contribution in [0, 0.1) is 0 Å². The van der Waals surface area contributed by atoms with Gasteiger partial charge in [-0.05, 0) is 45.1 Å². The lowest BCUT2D eigenvalue weighted by molar-refractivity contribution is 0.0594. The Morgan fingerprint density at radius 2 is 2.30 bits per heavy atom. The van der Waals surface area contributed by atoms with E-state index in [1.54, 1.807) is 23.5 Å². The van der Waals surface area contributed by atoms with E-state index in [9.17, 15) is 4.79 Å². The SMILES string of the molecule is COC(=O)c1ccc(N)c(N(C)Cc2csc(Br)c2)n1. The molecule has 0 aliphatic rings. The summed E-state index contributed by atoms with van der Waals surface area (Å²) in [6, 6.07) is 5.26. The minimum atomic E-state index is -0.474. The van der Waals surface area contributed by atoms with E-state index in [4.69, 9.17) is 5.73 Å². The highest BCUT2D eigenvalue weighted by atomic mass is 79.9. The van der Waals surface area contributed by atoms with Crippen LogP contribution >= 0.6 is 27.3 Å². The molecule has 0 atom stereocenters. The summed E-state index contributed by atoms with van der Waals surface area (Å²) in [6.07, 6.45) is 0. The van der Waals surface area contributed by atoms with Crippen molar-refractivity contribution in [3.63, 3.8) is 0 Å². The summed E-state index contributed by atoms with van der Waals surface area (Å²) in [6.45, 7) is 0.657. The lowest BCUT2D eigenvalue weighted by atomic mass is 10.2. The zero-order chi connectivity index (χ0) is 14.7. The number of hydrogen-bond donors (Lipinski definition) is 1. The van der Waals surface area contributed by atoms with Gasteiger partial charge in [-0.15, -0.1) is 11.3 Å². The number of hydrogen-bond acceptors (Lipinski definition) is 6. The van der Waals surface area contributed by atoms with E-state index in [2.05, 4.69) is 31.0 Å². The van der Waals surface area contributed by atoms with Gasteiger partial charge < -0.3 is 15.4 Å². The van der Waals surface area contributed by atoms with Crippen LogP contribution in [0.5, 0.6) is 0 Å². The second-order valence-corrected chi connectivity index (χ2v) is 6.51. The summed E-state index contributed by atoms with van der Waals surface area (Å²) in [7, 11) is 3.21. The van der Waals surface area contributed by atoms with Gasteiger partial charge in [-0.2, -0.15) is 0 Å². The molecule has 5 nitrogen and oxygen atoms in total. The molecule has 2 N–H and O–H groups in total.